The van der Waals surface area contributed by atoms with Crippen molar-refractivity contribution in [3.63, 3.8) is 0 Å². The summed E-state index contributed by atoms with van der Waals surface area (Å²) < 4.78 is 0. The number of amides is 1. The summed E-state index contributed by atoms with van der Waals surface area (Å²) in [4.78, 5) is 10.5. The average molecular weight is 163 g/mol. The Balaban J connectivity index is 1.91. The van der Waals surface area contributed by atoms with E-state index in [-0.39, 0.29) is 5.91 Å². The van der Waals surface area contributed by atoms with Crippen LogP contribution in [0.15, 0.2) is 23.8 Å². The van der Waals surface area contributed by atoms with Crippen LogP contribution in [0.3, 0.4) is 0 Å². The number of nitrogens with two attached hydrogens (primary N) is 1. The topological polar surface area (TPSA) is 43.1 Å². The maximum Gasteiger partial charge on any atom is 0.217 e. The van der Waals surface area contributed by atoms with Crippen LogP contribution >= 0.6 is 0 Å². The van der Waals surface area contributed by atoms with Crippen LogP contribution in [0, 0.1) is 11.8 Å². The van der Waals surface area contributed by atoms with Gasteiger partial charge in [0.15, 0.2) is 0 Å². The average Bonchev–Trinajstić information content (AvgIpc) is 2.78. The Morgan fingerprint density at radius 1 is 1.67 bits per heavy atom. The zero-order valence-corrected chi connectivity index (χ0v) is 6.99. The highest BCUT2D eigenvalue weighted by Gasteiger charge is 2.38. The van der Waals surface area contributed by atoms with Crippen LogP contribution in [0.1, 0.15) is 19.3 Å². The molecule has 0 aromatic carbocycles. The SMILES string of the molecule is NC(=O)CCC1=CC=CC2CC12. The number of carbonyl (C=O) groups excluding carboxylic acids is 1. The summed E-state index contributed by atoms with van der Waals surface area (Å²) in [6, 6.07) is 0. The molecule has 0 aliphatic heterocycles. The molecule has 0 aromatic heterocycles. The molecule has 0 spiro atoms. The Bertz CT molecular complexity index is 265. The van der Waals surface area contributed by atoms with E-state index >= 15 is 0 Å². The van der Waals surface area contributed by atoms with Crippen molar-refractivity contribution in [2.24, 2.45) is 17.6 Å². The predicted molar refractivity (Wildman–Crippen MR) is 47.2 cm³/mol. The Morgan fingerprint density at radius 3 is 3.25 bits per heavy atom. The molecule has 0 bridgehead atoms. The molecule has 2 heteroatoms. The summed E-state index contributed by atoms with van der Waals surface area (Å²) in [5.41, 5.74) is 6.50. The fraction of sp³-hybridized carbons (Fsp3) is 0.500. The van der Waals surface area contributed by atoms with Crippen molar-refractivity contribution < 1.29 is 4.79 Å². The molecule has 64 valence electrons. The maximum atomic E-state index is 10.5. The molecular formula is C10H13NO. The van der Waals surface area contributed by atoms with Crippen LogP contribution in [0.5, 0.6) is 0 Å². The monoisotopic (exact) mass is 163 g/mol. The quantitative estimate of drug-likeness (QED) is 0.671. The van der Waals surface area contributed by atoms with Crippen LogP contribution in [0.25, 0.3) is 0 Å². The maximum absolute atomic E-state index is 10.5. The second kappa shape index (κ2) is 2.77. The number of allylic oxidation sites excluding steroid dienone is 4. The zero-order valence-electron chi connectivity index (χ0n) is 6.99. The number of rotatable bonds is 3. The lowest BCUT2D eigenvalue weighted by molar-refractivity contribution is -0.118. The van der Waals surface area contributed by atoms with E-state index in [0.29, 0.717) is 6.42 Å². The van der Waals surface area contributed by atoms with Gasteiger partial charge in [-0.2, -0.15) is 0 Å². The summed E-state index contributed by atoms with van der Waals surface area (Å²) in [5, 5.41) is 0. The Hall–Kier alpha value is -1.05. The van der Waals surface area contributed by atoms with Crippen LogP contribution in [0.4, 0.5) is 0 Å². The summed E-state index contributed by atoms with van der Waals surface area (Å²) in [6.07, 6.45) is 9.13. The second-order valence-corrected chi connectivity index (χ2v) is 3.60. The van der Waals surface area contributed by atoms with E-state index in [4.69, 9.17) is 5.73 Å². The molecular weight excluding hydrogens is 150 g/mol. The van der Waals surface area contributed by atoms with Gasteiger partial charge in [0.1, 0.15) is 0 Å². The van der Waals surface area contributed by atoms with Crippen molar-refractivity contribution in [2.45, 2.75) is 19.3 Å². The minimum Gasteiger partial charge on any atom is -0.370 e. The first kappa shape index (κ1) is 7.59. The fourth-order valence-corrected chi connectivity index (χ4v) is 1.84. The molecule has 2 atom stereocenters. The standard InChI is InChI=1S/C10H13NO/c11-10(12)5-4-7-2-1-3-8-6-9(7)8/h1-3,8-9H,4-6H2,(H2,11,12). The van der Waals surface area contributed by atoms with E-state index in [0.717, 1.165) is 18.3 Å². The third-order valence-electron chi connectivity index (χ3n) is 2.64. The predicted octanol–water partition coefficient (Wildman–Crippen LogP) is 1.38. The van der Waals surface area contributed by atoms with Gasteiger partial charge in [-0.05, 0) is 24.7 Å². The van der Waals surface area contributed by atoms with Gasteiger partial charge in [-0.15, -0.1) is 0 Å². The first-order valence-electron chi connectivity index (χ1n) is 4.43. The molecule has 1 fully saturated rings. The largest absolute Gasteiger partial charge is 0.370 e. The van der Waals surface area contributed by atoms with E-state index in [1.165, 1.54) is 12.0 Å². The second-order valence-electron chi connectivity index (χ2n) is 3.60. The molecule has 2 aliphatic rings. The summed E-state index contributed by atoms with van der Waals surface area (Å²) in [7, 11) is 0. The third kappa shape index (κ3) is 1.42. The smallest absolute Gasteiger partial charge is 0.217 e. The highest BCUT2D eigenvalue weighted by molar-refractivity contribution is 5.74. The van der Waals surface area contributed by atoms with E-state index < -0.39 is 0 Å². The zero-order chi connectivity index (χ0) is 8.55. The summed E-state index contributed by atoms with van der Waals surface area (Å²) >= 11 is 0. The van der Waals surface area contributed by atoms with Gasteiger partial charge in [0.05, 0.1) is 0 Å². The number of hydrogen-bond acceptors (Lipinski definition) is 1. The van der Waals surface area contributed by atoms with E-state index in [9.17, 15) is 4.79 Å². The van der Waals surface area contributed by atoms with Crippen molar-refractivity contribution >= 4 is 5.91 Å². The molecule has 0 aromatic rings. The Labute approximate surface area is 72.1 Å². The fourth-order valence-electron chi connectivity index (χ4n) is 1.84. The van der Waals surface area contributed by atoms with Crippen LogP contribution in [-0.2, 0) is 4.79 Å². The molecule has 0 radical (unpaired) electrons. The number of hydrogen-bond donors (Lipinski definition) is 1. The highest BCUT2D eigenvalue weighted by atomic mass is 16.1. The van der Waals surface area contributed by atoms with E-state index in [2.05, 4.69) is 18.2 Å². The lowest BCUT2D eigenvalue weighted by Crippen LogP contribution is -2.10. The summed E-state index contributed by atoms with van der Waals surface area (Å²) in [6.45, 7) is 0. The van der Waals surface area contributed by atoms with E-state index in [1.807, 2.05) is 0 Å². The van der Waals surface area contributed by atoms with Gasteiger partial charge in [0, 0.05) is 6.42 Å². The number of fused-ring (bicyclic) bond motifs is 1. The van der Waals surface area contributed by atoms with Crippen molar-refractivity contribution in [2.75, 3.05) is 0 Å². The summed E-state index contributed by atoms with van der Waals surface area (Å²) in [5.74, 6) is 1.33. The molecule has 1 saturated carbocycles. The van der Waals surface area contributed by atoms with Gasteiger partial charge in [-0.25, -0.2) is 0 Å². The van der Waals surface area contributed by atoms with Gasteiger partial charge in [-0.3, -0.25) is 4.79 Å². The highest BCUT2D eigenvalue weighted by Crippen LogP contribution is 2.48. The van der Waals surface area contributed by atoms with Gasteiger partial charge in [-0.1, -0.05) is 23.8 Å². The van der Waals surface area contributed by atoms with Gasteiger partial charge >= 0.3 is 0 Å². The van der Waals surface area contributed by atoms with Gasteiger partial charge in [0.2, 0.25) is 5.91 Å². The molecule has 2 N–H and O–H groups in total. The molecule has 2 aliphatic carbocycles. The molecule has 0 heterocycles. The Morgan fingerprint density at radius 2 is 2.50 bits per heavy atom. The number of primary amides is 1. The number of carbonyl (C=O) groups is 1. The lowest BCUT2D eigenvalue weighted by atomic mass is 10.00. The van der Waals surface area contributed by atoms with Crippen molar-refractivity contribution in [3.05, 3.63) is 23.8 Å². The first-order valence-corrected chi connectivity index (χ1v) is 4.43. The Kier molecular flexibility index (Phi) is 1.75. The van der Waals surface area contributed by atoms with Crippen molar-refractivity contribution in [1.82, 2.24) is 0 Å². The lowest BCUT2D eigenvalue weighted by Gasteiger charge is -2.06. The molecule has 2 rings (SSSR count). The molecule has 1 amide bonds. The third-order valence-corrected chi connectivity index (χ3v) is 2.64. The van der Waals surface area contributed by atoms with Crippen LogP contribution in [-0.4, -0.2) is 5.91 Å². The molecule has 2 nitrogen and oxygen atoms in total. The molecule has 0 saturated heterocycles. The van der Waals surface area contributed by atoms with Crippen molar-refractivity contribution in [3.8, 4) is 0 Å². The van der Waals surface area contributed by atoms with Crippen LogP contribution < -0.4 is 5.73 Å². The van der Waals surface area contributed by atoms with Gasteiger partial charge in [0.25, 0.3) is 0 Å². The normalized spacial score (nSPS) is 30.8. The van der Waals surface area contributed by atoms with Gasteiger partial charge < -0.3 is 5.73 Å². The van der Waals surface area contributed by atoms with E-state index in [1.54, 1.807) is 0 Å². The van der Waals surface area contributed by atoms with Crippen LogP contribution in [0.2, 0.25) is 0 Å². The molecule has 2 unspecified atom stereocenters. The minimum atomic E-state index is -0.192. The minimum absolute atomic E-state index is 0.192. The molecule has 12 heavy (non-hydrogen) atoms. The van der Waals surface area contributed by atoms with Crippen molar-refractivity contribution in [1.29, 1.82) is 0 Å². The first-order chi connectivity index (χ1) is 5.77.